The van der Waals surface area contributed by atoms with Gasteiger partial charge in [-0.2, -0.15) is 17.9 Å². The van der Waals surface area contributed by atoms with Crippen LogP contribution in [0.1, 0.15) is 31.9 Å². The number of alkyl halides is 3. The molecule has 0 spiro atoms. The van der Waals surface area contributed by atoms with Crippen molar-refractivity contribution in [2.45, 2.75) is 33.4 Å². The molecule has 33 heavy (non-hydrogen) atoms. The van der Waals surface area contributed by atoms with Crippen molar-refractivity contribution >= 4 is 22.8 Å². The summed E-state index contributed by atoms with van der Waals surface area (Å²) in [5.41, 5.74) is -2.84. The molecule has 0 amide bonds. The average Bonchev–Trinajstić information content (AvgIpc) is 3.05. The summed E-state index contributed by atoms with van der Waals surface area (Å²) in [7, 11) is 0. The Labute approximate surface area is 188 Å². The van der Waals surface area contributed by atoms with Crippen LogP contribution in [-0.2, 0) is 31.7 Å². The fourth-order valence-electron chi connectivity index (χ4n) is 3.84. The molecule has 0 aliphatic carbocycles. The highest BCUT2D eigenvalue weighted by Crippen LogP contribution is 2.43. The molecule has 6 nitrogen and oxygen atoms in total. The van der Waals surface area contributed by atoms with E-state index in [1.807, 2.05) is 0 Å². The molecule has 1 aromatic heterocycles. The molecule has 2 aromatic carbocycles. The molecule has 0 saturated carbocycles. The number of hydrogen-bond acceptors (Lipinski definition) is 5. The van der Waals surface area contributed by atoms with Crippen LogP contribution in [0, 0.1) is 5.41 Å². The quantitative estimate of drug-likeness (QED) is 0.295. The summed E-state index contributed by atoms with van der Waals surface area (Å²) in [6.45, 7) is 4.48. The number of carbonyl (C=O) groups is 2. The van der Waals surface area contributed by atoms with Crippen LogP contribution in [-0.4, -0.2) is 35.1 Å². The largest absolute Gasteiger partial charge is 0.465 e. The standard InChI is InChI=1S/C24H24F3NO5/c1-4-32-21(29)23(3,22(30)33-5-2)14-17-15-10-7-9-13-19(15)28(31)20(17)16-11-6-8-12-18(16)24(25,26)27/h6-13,31H,4-5,14H2,1-3H3. The lowest BCUT2D eigenvalue weighted by molar-refractivity contribution is -0.170. The number of fused-ring (bicyclic) bond motifs is 1. The molecule has 0 atom stereocenters. The van der Waals surface area contributed by atoms with Gasteiger partial charge in [-0.25, -0.2) is 0 Å². The second-order valence-corrected chi connectivity index (χ2v) is 7.65. The maximum absolute atomic E-state index is 13.8. The van der Waals surface area contributed by atoms with Crippen LogP contribution in [0.15, 0.2) is 48.5 Å². The van der Waals surface area contributed by atoms with Crippen LogP contribution in [0.3, 0.4) is 0 Å². The van der Waals surface area contributed by atoms with Crippen LogP contribution in [0.2, 0.25) is 0 Å². The number of para-hydroxylation sites is 1. The van der Waals surface area contributed by atoms with Crippen LogP contribution in [0.5, 0.6) is 0 Å². The second-order valence-electron chi connectivity index (χ2n) is 7.65. The molecule has 0 radical (unpaired) electrons. The van der Waals surface area contributed by atoms with Crippen LogP contribution >= 0.6 is 0 Å². The smallest absolute Gasteiger partial charge is 0.417 e. The third-order valence-corrected chi connectivity index (χ3v) is 5.42. The van der Waals surface area contributed by atoms with Gasteiger partial charge in [0.25, 0.3) is 0 Å². The van der Waals surface area contributed by atoms with Gasteiger partial charge in [-0.05, 0) is 38.5 Å². The Hall–Kier alpha value is -3.49. The molecule has 3 aromatic rings. The fourth-order valence-corrected chi connectivity index (χ4v) is 3.84. The number of nitrogens with zero attached hydrogens (tertiary/aromatic N) is 1. The van der Waals surface area contributed by atoms with E-state index in [1.54, 1.807) is 32.0 Å². The SMILES string of the molecule is CCOC(=O)C(C)(Cc1c(-c2ccccc2C(F)(F)F)n(O)c2ccccc12)C(=O)OCC. The first-order chi connectivity index (χ1) is 15.6. The van der Waals surface area contributed by atoms with Crippen LogP contribution in [0.4, 0.5) is 13.2 Å². The summed E-state index contributed by atoms with van der Waals surface area (Å²) in [4.78, 5) is 25.7. The number of carbonyl (C=O) groups excluding carboxylic acids is 2. The number of halogens is 3. The topological polar surface area (TPSA) is 77.8 Å². The number of esters is 2. The van der Waals surface area contributed by atoms with Crippen molar-refractivity contribution < 1.29 is 37.4 Å². The normalized spacial score (nSPS) is 12.1. The van der Waals surface area contributed by atoms with E-state index in [0.29, 0.717) is 10.1 Å². The van der Waals surface area contributed by atoms with Gasteiger partial charge in [0.05, 0.1) is 30.0 Å². The molecule has 0 fully saturated rings. The van der Waals surface area contributed by atoms with E-state index in [1.165, 1.54) is 31.2 Å². The minimum Gasteiger partial charge on any atom is -0.465 e. The van der Waals surface area contributed by atoms with E-state index >= 15 is 0 Å². The van der Waals surface area contributed by atoms with Gasteiger partial charge in [0.15, 0.2) is 5.41 Å². The summed E-state index contributed by atoms with van der Waals surface area (Å²) >= 11 is 0. The molecule has 0 bridgehead atoms. The van der Waals surface area contributed by atoms with Gasteiger partial charge in [-0.3, -0.25) is 9.59 Å². The molecule has 1 N–H and O–H groups in total. The van der Waals surface area contributed by atoms with Crippen molar-refractivity contribution in [3.8, 4) is 11.3 Å². The number of hydrogen-bond donors (Lipinski definition) is 1. The molecule has 0 saturated heterocycles. The Bertz CT molecular complexity index is 1160. The summed E-state index contributed by atoms with van der Waals surface area (Å²) in [6, 6.07) is 11.2. The van der Waals surface area contributed by atoms with Gasteiger partial charge in [-0.1, -0.05) is 36.4 Å². The highest BCUT2D eigenvalue weighted by Gasteiger charge is 2.46. The minimum atomic E-state index is -4.70. The van der Waals surface area contributed by atoms with Crippen molar-refractivity contribution in [2.24, 2.45) is 5.41 Å². The molecule has 0 aliphatic heterocycles. The van der Waals surface area contributed by atoms with Crippen LogP contribution < -0.4 is 0 Å². The fraction of sp³-hybridized carbons (Fsp3) is 0.333. The third kappa shape index (κ3) is 4.40. The van der Waals surface area contributed by atoms with Crippen LogP contribution in [0.25, 0.3) is 22.2 Å². The van der Waals surface area contributed by atoms with Gasteiger partial charge in [0.2, 0.25) is 0 Å². The highest BCUT2D eigenvalue weighted by molar-refractivity contribution is 6.01. The Morgan fingerprint density at radius 3 is 2.06 bits per heavy atom. The first-order valence-electron chi connectivity index (χ1n) is 10.4. The first-order valence-corrected chi connectivity index (χ1v) is 10.4. The van der Waals surface area contributed by atoms with E-state index < -0.39 is 29.1 Å². The van der Waals surface area contributed by atoms with E-state index in [0.717, 1.165) is 6.07 Å². The number of benzene rings is 2. The van der Waals surface area contributed by atoms with Gasteiger partial charge in [0, 0.05) is 17.4 Å². The lowest BCUT2D eigenvalue weighted by Gasteiger charge is -2.25. The molecule has 3 rings (SSSR count). The van der Waals surface area contributed by atoms with Crippen molar-refractivity contribution in [1.82, 2.24) is 4.73 Å². The zero-order valence-corrected chi connectivity index (χ0v) is 18.4. The monoisotopic (exact) mass is 463 g/mol. The molecule has 0 unspecified atom stereocenters. The van der Waals surface area contributed by atoms with Gasteiger partial charge < -0.3 is 14.7 Å². The maximum Gasteiger partial charge on any atom is 0.417 e. The average molecular weight is 463 g/mol. The van der Waals surface area contributed by atoms with Gasteiger partial charge in [-0.15, -0.1) is 0 Å². The van der Waals surface area contributed by atoms with Crippen molar-refractivity contribution in [3.05, 3.63) is 59.7 Å². The molecule has 0 aliphatic rings. The predicted molar refractivity (Wildman–Crippen MR) is 115 cm³/mol. The molecular formula is C24H24F3NO5. The Balaban J connectivity index is 2.32. The second kappa shape index (κ2) is 9.17. The lowest BCUT2D eigenvalue weighted by Crippen LogP contribution is -2.41. The molecule has 1 heterocycles. The summed E-state index contributed by atoms with van der Waals surface area (Å²) in [6.07, 6.45) is -5.05. The first kappa shape index (κ1) is 24.2. The van der Waals surface area contributed by atoms with E-state index in [-0.39, 0.29) is 42.0 Å². The number of aromatic nitrogens is 1. The molecule has 9 heteroatoms. The zero-order chi connectivity index (χ0) is 24.4. The Morgan fingerprint density at radius 1 is 0.939 bits per heavy atom. The van der Waals surface area contributed by atoms with E-state index in [2.05, 4.69) is 0 Å². The Morgan fingerprint density at radius 2 is 1.48 bits per heavy atom. The number of ether oxygens (including phenoxy) is 2. The number of rotatable bonds is 7. The summed E-state index contributed by atoms with van der Waals surface area (Å²) in [5.74, 6) is -1.73. The van der Waals surface area contributed by atoms with Crippen molar-refractivity contribution in [3.63, 3.8) is 0 Å². The Kier molecular flexibility index (Phi) is 6.71. The summed E-state index contributed by atoms with van der Waals surface area (Å²) < 4.78 is 52.3. The molecule has 176 valence electrons. The predicted octanol–water partition coefficient (Wildman–Crippen LogP) is 5.24. The van der Waals surface area contributed by atoms with Crippen molar-refractivity contribution in [2.75, 3.05) is 13.2 Å². The van der Waals surface area contributed by atoms with E-state index in [4.69, 9.17) is 9.47 Å². The van der Waals surface area contributed by atoms with Crippen molar-refractivity contribution in [1.29, 1.82) is 0 Å². The highest BCUT2D eigenvalue weighted by atomic mass is 19.4. The maximum atomic E-state index is 13.8. The van der Waals surface area contributed by atoms with Gasteiger partial charge >= 0.3 is 18.1 Å². The minimum absolute atomic E-state index is 0.000643. The molecular weight excluding hydrogens is 439 g/mol. The summed E-state index contributed by atoms with van der Waals surface area (Å²) in [5, 5.41) is 11.3. The van der Waals surface area contributed by atoms with E-state index in [9.17, 15) is 28.0 Å². The lowest BCUT2D eigenvalue weighted by atomic mass is 9.81. The third-order valence-electron chi connectivity index (χ3n) is 5.42. The zero-order valence-electron chi connectivity index (χ0n) is 18.4. The van der Waals surface area contributed by atoms with Gasteiger partial charge in [0.1, 0.15) is 0 Å².